The van der Waals surface area contributed by atoms with Gasteiger partial charge in [0, 0.05) is 43.7 Å². The van der Waals surface area contributed by atoms with Crippen LogP contribution < -0.4 is 4.90 Å². The molecule has 156 valence electrons. The van der Waals surface area contributed by atoms with Crippen LogP contribution in [0.3, 0.4) is 0 Å². The van der Waals surface area contributed by atoms with E-state index in [1.807, 2.05) is 68.9 Å². The number of nitrogens with zero attached hydrogens (tertiary/aromatic N) is 5. The van der Waals surface area contributed by atoms with E-state index in [9.17, 15) is 4.79 Å². The lowest BCUT2D eigenvalue weighted by atomic mass is 10.0. The van der Waals surface area contributed by atoms with Gasteiger partial charge in [0.2, 0.25) is 0 Å². The zero-order valence-corrected chi connectivity index (χ0v) is 18.1. The molecule has 1 amide bonds. The number of benzene rings is 1. The summed E-state index contributed by atoms with van der Waals surface area (Å²) in [5.74, 6) is 1.38. The Kier molecular flexibility index (Phi) is 5.28. The fourth-order valence-electron chi connectivity index (χ4n) is 3.95. The van der Waals surface area contributed by atoms with Crippen molar-refractivity contribution in [2.24, 2.45) is 0 Å². The highest BCUT2D eigenvalue weighted by atomic mass is 16.5. The van der Waals surface area contributed by atoms with E-state index in [1.165, 1.54) is 0 Å². The van der Waals surface area contributed by atoms with Crippen LogP contribution in [-0.2, 0) is 0 Å². The molecule has 1 aliphatic rings. The number of hydrogen-bond acceptors (Lipinski definition) is 6. The Morgan fingerprint density at radius 3 is 2.53 bits per heavy atom. The first-order chi connectivity index (χ1) is 14.4. The Morgan fingerprint density at radius 2 is 1.90 bits per heavy atom. The topological polar surface area (TPSA) is 75.4 Å². The van der Waals surface area contributed by atoms with E-state index in [-0.39, 0.29) is 11.9 Å². The maximum atomic E-state index is 13.3. The summed E-state index contributed by atoms with van der Waals surface area (Å²) in [7, 11) is 3.97. The molecule has 3 aromatic rings. The monoisotopic (exact) mass is 405 g/mol. The number of rotatable bonds is 4. The van der Waals surface area contributed by atoms with Crippen LogP contribution in [0.1, 0.15) is 52.0 Å². The molecule has 0 saturated carbocycles. The van der Waals surface area contributed by atoms with Crippen molar-refractivity contribution < 1.29 is 9.32 Å². The van der Waals surface area contributed by atoms with Crippen molar-refractivity contribution >= 4 is 11.6 Å². The summed E-state index contributed by atoms with van der Waals surface area (Å²) in [4.78, 5) is 26.4. The molecule has 1 aromatic carbocycles. The van der Waals surface area contributed by atoms with Gasteiger partial charge in [-0.15, -0.1) is 0 Å². The highest BCUT2D eigenvalue weighted by Gasteiger charge is 2.34. The molecule has 0 spiro atoms. The smallest absolute Gasteiger partial charge is 0.254 e. The van der Waals surface area contributed by atoms with Gasteiger partial charge in [0.15, 0.2) is 5.76 Å². The van der Waals surface area contributed by atoms with E-state index in [2.05, 4.69) is 10.1 Å². The first kappa shape index (κ1) is 20.1. The van der Waals surface area contributed by atoms with Crippen LogP contribution in [0.2, 0.25) is 0 Å². The minimum Gasteiger partial charge on any atom is -0.378 e. The molecule has 1 atom stereocenters. The number of likely N-dealkylation sites (tertiary alicyclic amines) is 1. The predicted molar refractivity (Wildman–Crippen MR) is 116 cm³/mol. The normalized spacial score (nSPS) is 16.2. The van der Waals surface area contributed by atoms with Crippen molar-refractivity contribution in [3.63, 3.8) is 0 Å². The van der Waals surface area contributed by atoms with E-state index in [1.54, 1.807) is 6.20 Å². The molecule has 0 radical (unpaired) electrons. The lowest BCUT2D eigenvalue weighted by molar-refractivity contribution is 0.0733. The quantitative estimate of drug-likeness (QED) is 0.650. The zero-order chi connectivity index (χ0) is 21.4. The summed E-state index contributed by atoms with van der Waals surface area (Å²) < 4.78 is 5.60. The summed E-state index contributed by atoms with van der Waals surface area (Å²) in [5.41, 5.74) is 5.21. The molecule has 3 heterocycles. The van der Waals surface area contributed by atoms with Crippen molar-refractivity contribution in [2.45, 2.75) is 39.7 Å². The second-order valence-electron chi connectivity index (χ2n) is 8.04. The van der Waals surface area contributed by atoms with Crippen LogP contribution in [0.5, 0.6) is 0 Å². The molecule has 1 fully saturated rings. The van der Waals surface area contributed by atoms with Gasteiger partial charge >= 0.3 is 0 Å². The van der Waals surface area contributed by atoms with E-state index >= 15 is 0 Å². The van der Waals surface area contributed by atoms with E-state index in [0.29, 0.717) is 23.7 Å². The van der Waals surface area contributed by atoms with Gasteiger partial charge in [-0.25, -0.2) is 9.97 Å². The number of aryl methyl sites for hydroxylation is 2. The van der Waals surface area contributed by atoms with Crippen molar-refractivity contribution in [1.82, 2.24) is 20.0 Å². The number of anilines is 1. The maximum Gasteiger partial charge on any atom is 0.254 e. The first-order valence-electron chi connectivity index (χ1n) is 10.2. The average Bonchev–Trinajstić information content (AvgIpc) is 3.35. The predicted octanol–water partition coefficient (Wildman–Crippen LogP) is 4.10. The number of amides is 1. The minimum absolute atomic E-state index is 0.0236. The second kappa shape index (κ2) is 7.89. The fourth-order valence-corrected chi connectivity index (χ4v) is 3.95. The summed E-state index contributed by atoms with van der Waals surface area (Å²) in [6.45, 7) is 6.47. The molecular formula is C23H27N5O2. The maximum absolute atomic E-state index is 13.3. The number of carbonyl (C=O) groups excluding carboxylic acids is 1. The standard InChI is InChI=1S/C23H27N5O2/c1-14-15(2)26-30-22(14)19-13-24-16(3)25-21(19)20-7-6-12-28(20)23(29)17-8-10-18(11-9-17)27(4)5/h8-11,13,20H,6-7,12H2,1-5H3/t20-/m1/s1. The van der Waals surface area contributed by atoms with Gasteiger partial charge in [-0.2, -0.15) is 0 Å². The lowest BCUT2D eigenvalue weighted by Gasteiger charge is -2.26. The Morgan fingerprint density at radius 1 is 1.17 bits per heavy atom. The summed E-state index contributed by atoms with van der Waals surface area (Å²) in [6, 6.07) is 7.61. The van der Waals surface area contributed by atoms with Crippen molar-refractivity contribution in [3.8, 4) is 11.3 Å². The largest absolute Gasteiger partial charge is 0.378 e. The van der Waals surface area contributed by atoms with Crippen molar-refractivity contribution in [3.05, 3.63) is 58.8 Å². The Bertz CT molecular complexity index is 1070. The third kappa shape index (κ3) is 3.56. The molecule has 0 aliphatic carbocycles. The van der Waals surface area contributed by atoms with Gasteiger partial charge in [0.1, 0.15) is 5.82 Å². The van der Waals surface area contributed by atoms with E-state index in [4.69, 9.17) is 9.51 Å². The molecule has 2 aromatic heterocycles. The van der Waals surface area contributed by atoms with Crippen LogP contribution in [0.25, 0.3) is 11.3 Å². The van der Waals surface area contributed by atoms with Gasteiger partial charge < -0.3 is 14.3 Å². The van der Waals surface area contributed by atoms with Crippen LogP contribution in [0.15, 0.2) is 35.0 Å². The molecule has 7 heteroatoms. The van der Waals surface area contributed by atoms with E-state index in [0.717, 1.165) is 41.0 Å². The fraction of sp³-hybridized carbons (Fsp3) is 0.391. The van der Waals surface area contributed by atoms with Crippen LogP contribution in [0.4, 0.5) is 5.69 Å². The summed E-state index contributed by atoms with van der Waals surface area (Å²) >= 11 is 0. The molecular weight excluding hydrogens is 378 g/mol. The van der Waals surface area contributed by atoms with Gasteiger partial charge in [-0.1, -0.05) is 5.16 Å². The van der Waals surface area contributed by atoms with Gasteiger partial charge in [0.05, 0.1) is 23.0 Å². The minimum atomic E-state index is -0.118. The summed E-state index contributed by atoms with van der Waals surface area (Å²) in [5, 5.41) is 4.09. The zero-order valence-electron chi connectivity index (χ0n) is 18.1. The Balaban J connectivity index is 1.71. The highest BCUT2D eigenvalue weighted by Crippen LogP contribution is 2.38. The molecule has 1 saturated heterocycles. The SMILES string of the molecule is Cc1ncc(-c2onc(C)c2C)c([C@H]2CCCN2C(=O)c2ccc(N(C)C)cc2)n1. The number of carbonyl (C=O) groups is 1. The third-order valence-corrected chi connectivity index (χ3v) is 5.80. The molecule has 0 bridgehead atoms. The Hall–Kier alpha value is -3.22. The summed E-state index contributed by atoms with van der Waals surface area (Å²) in [6.07, 6.45) is 3.58. The molecule has 30 heavy (non-hydrogen) atoms. The molecule has 0 N–H and O–H groups in total. The van der Waals surface area contributed by atoms with Gasteiger partial charge in [-0.05, 0) is 57.9 Å². The van der Waals surface area contributed by atoms with Gasteiger partial charge in [-0.3, -0.25) is 4.79 Å². The molecule has 7 nitrogen and oxygen atoms in total. The first-order valence-corrected chi connectivity index (χ1v) is 10.2. The molecule has 0 unspecified atom stereocenters. The van der Waals surface area contributed by atoms with Crippen LogP contribution in [-0.4, -0.2) is 46.6 Å². The van der Waals surface area contributed by atoms with Crippen molar-refractivity contribution in [2.75, 3.05) is 25.5 Å². The Labute approximate surface area is 176 Å². The highest BCUT2D eigenvalue weighted by molar-refractivity contribution is 5.95. The average molecular weight is 406 g/mol. The van der Waals surface area contributed by atoms with Gasteiger partial charge in [0.25, 0.3) is 5.91 Å². The second-order valence-corrected chi connectivity index (χ2v) is 8.04. The molecule has 4 rings (SSSR count). The molecule has 1 aliphatic heterocycles. The number of hydrogen-bond donors (Lipinski definition) is 0. The van der Waals surface area contributed by atoms with E-state index < -0.39 is 0 Å². The van der Waals surface area contributed by atoms with Crippen LogP contribution in [0, 0.1) is 20.8 Å². The third-order valence-electron chi connectivity index (χ3n) is 5.80. The number of aromatic nitrogens is 3. The van der Waals surface area contributed by atoms with Crippen molar-refractivity contribution in [1.29, 1.82) is 0 Å². The van der Waals surface area contributed by atoms with Crippen LogP contribution >= 0.6 is 0 Å². The lowest BCUT2D eigenvalue weighted by Crippen LogP contribution is -2.31.